The second kappa shape index (κ2) is 7.61. The van der Waals surface area contributed by atoms with Crippen LogP contribution < -0.4 is 9.64 Å². The maximum atomic E-state index is 14.2. The van der Waals surface area contributed by atoms with Crippen molar-refractivity contribution in [1.29, 1.82) is 0 Å². The maximum Gasteiger partial charge on any atom is 0.229 e. The Balaban J connectivity index is 1.50. The summed E-state index contributed by atoms with van der Waals surface area (Å²) in [6, 6.07) is 6.34. The van der Waals surface area contributed by atoms with Crippen molar-refractivity contribution in [1.82, 2.24) is 14.9 Å². The topological polar surface area (TPSA) is 58.6 Å². The number of para-hydroxylation sites is 1. The molecule has 1 amide bonds. The maximum absolute atomic E-state index is 14.2. The van der Waals surface area contributed by atoms with Gasteiger partial charge in [0.05, 0.1) is 17.8 Å². The smallest absolute Gasteiger partial charge is 0.229 e. The summed E-state index contributed by atoms with van der Waals surface area (Å²) in [6.07, 6.45) is 6.08. The van der Waals surface area contributed by atoms with Crippen molar-refractivity contribution in [2.75, 3.05) is 24.5 Å². The van der Waals surface area contributed by atoms with Crippen molar-refractivity contribution in [3.05, 3.63) is 41.3 Å². The van der Waals surface area contributed by atoms with Crippen LogP contribution in [0.5, 0.6) is 11.6 Å². The van der Waals surface area contributed by atoms with Crippen LogP contribution in [0.2, 0.25) is 0 Å². The number of hydrogen-bond acceptors (Lipinski definition) is 5. The molecule has 2 aromatic rings. The fraction of sp³-hybridized carbons (Fsp3) is 0.500. The number of hydrogen-bond donors (Lipinski definition) is 0. The second-order valence-corrected chi connectivity index (χ2v) is 8.12. The number of amides is 1. The summed E-state index contributed by atoms with van der Waals surface area (Å²) >= 11 is 0. The first-order valence-corrected chi connectivity index (χ1v) is 10.5. The molecule has 1 aromatic carbocycles. The van der Waals surface area contributed by atoms with Crippen LogP contribution in [-0.4, -0.2) is 40.4 Å². The summed E-state index contributed by atoms with van der Waals surface area (Å²) in [5, 5.41) is 0. The van der Waals surface area contributed by atoms with Crippen molar-refractivity contribution in [2.45, 2.75) is 45.1 Å². The molecule has 0 spiro atoms. The summed E-state index contributed by atoms with van der Waals surface area (Å²) in [4.78, 5) is 26.1. The summed E-state index contributed by atoms with van der Waals surface area (Å²) in [5.41, 5.74) is 1.71. The highest BCUT2D eigenvalue weighted by molar-refractivity contribution is 5.81. The Morgan fingerprint density at radius 1 is 1.07 bits per heavy atom. The van der Waals surface area contributed by atoms with Gasteiger partial charge in [-0.3, -0.25) is 4.79 Å². The molecule has 2 fully saturated rings. The van der Waals surface area contributed by atoms with E-state index >= 15 is 0 Å². The van der Waals surface area contributed by atoms with E-state index in [0.717, 1.165) is 50.0 Å². The molecule has 0 bridgehead atoms. The molecule has 1 aromatic heterocycles. The Hall–Kier alpha value is -2.70. The van der Waals surface area contributed by atoms with Crippen LogP contribution in [0.25, 0.3) is 0 Å². The van der Waals surface area contributed by atoms with Gasteiger partial charge < -0.3 is 14.5 Å². The van der Waals surface area contributed by atoms with Gasteiger partial charge in [-0.05, 0) is 44.2 Å². The number of ether oxygens (including phenoxy) is 1. The van der Waals surface area contributed by atoms with Crippen molar-refractivity contribution in [3.8, 4) is 11.6 Å². The molecular formula is C22H25FN4O2. The normalized spacial score (nSPS) is 19.1. The molecule has 1 saturated heterocycles. The monoisotopic (exact) mass is 396 g/mol. The number of carbonyl (C=O) groups is 1. The lowest BCUT2D eigenvalue weighted by atomic mass is 10.1. The van der Waals surface area contributed by atoms with E-state index in [9.17, 15) is 9.18 Å². The predicted octanol–water partition coefficient (Wildman–Crippen LogP) is 3.69. The number of aromatic nitrogens is 2. The standard InChI is InChI=1S/C22H25FN4O2/c23-17-6-2-3-7-19(17)29-20-16-14-27(21(28)15-8-9-15)13-10-18(16)24-22(25-20)26-11-4-1-5-12-26/h2-3,6-7,15H,1,4-5,8-14H2. The molecule has 152 valence electrons. The number of carbonyl (C=O) groups excluding carboxylic acids is 1. The van der Waals surface area contributed by atoms with Crippen LogP contribution in [0.1, 0.15) is 43.4 Å². The molecule has 5 rings (SSSR count). The fourth-order valence-electron chi connectivity index (χ4n) is 4.10. The average Bonchev–Trinajstić information content (AvgIpc) is 3.60. The molecule has 6 nitrogen and oxygen atoms in total. The zero-order valence-corrected chi connectivity index (χ0v) is 16.4. The van der Waals surface area contributed by atoms with Crippen molar-refractivity contribution >= 4 is 11.9 Å². The Morgan fingerprint density at radius 2 is 1.86 bits per heavy atom. The first kappa shape index (κ1) is 18.3. The Labute approximate surface area is 169 Å². The SMILES string of the molecule is O=C(C1CC1)N1CCc2nc(N3CCCCC3)nc(Oc3ccccc3F)c2C1. The Kier molecular flexibility index (Phi) is 4.81. The van der Waals surface area contributed by atoms with Gasteiger partial charge in [-0.2, -0.15) is 4.98 Å². The van der Waals surface area contributed by atoms with E-state index in [4.69, 9.17) is 9.72 Å². The second-order valence-electron chi connectivity index (χ2n) is 8.12. The predicted molar refractivity (Wildman–Crippen MR) is 106 cm³/mol. The summed E-state index contributed by atoms with van der Waals surface area (Å²) in [7, 11) is 0. The lowest BCUT2D eigenvalue weighted by molar-refractivity contribution is -0.133. The Bertz CT molecular complexity index is 925. The van der Waals surface area contributed by atoms with Gasteiger partial charge in [-0.25, -0.2) is 9.37 Å². The largest absolute Gasteiger partial charge is 0.435 e. The lowest BCUT2D eigenvalue weighted by Gasteiger charge is -2.32. The van der Waals surface area contributed by atoms with Crippen molar-refractivity contribution in [3.63, 3.8) is 0 Å². The fourth-order valence-corrected chi connectivity index (χ4v) is 4.10. The molecule has 0 N–H and O–H groups in total. The molecule has 2 aliphatic heterocycles. The zero-order valence-electron chi connectivity index (χ0n) is 16.4. The molecule has 3 aliphatic rings. The number of benzene rings is 1. The molecule has 0 atom stereocenters. The number of fused-ring (bicyclic) bond motifs is 1. The quantitative estimate of drug-likeness (QED) is 0.789. The summed E-state index contributed by atoms with van der Waals surface area (Å²) < 4.78 is 20.2. The summed E-state index contributed by atoms with van der Waals surface area (Å²) in [6.45, 7) is 2.93. The number of nitrogens with zero attached hydrogens (tertiary/aromatic N) is 4. The van der Waals surface area contributed by atoms with Gasteiger partial charge in [0.1, 0.15) is 0 Å². The number of rotatable bonds is 4. The minimum absolute atomic E-state index is 0.142. The van der Waals surface area contributed by atoms with Gasteiger partial charge in [-0.1, -0.05) is 12.1 Å². The van der Waals surface area contributed by atoms with Gasteiger partial charge in [0.15, 0.2) is 11.6 Å². The van der Waals surface area contributed by atoms with E-state index in [-0.39, 0.29) is 17.6 Å². The van der Waals surface area contributed by atoms with Crippen molar-refractivity contribution in [2.24, 2.45) is 5.92 Å². The van der Waals surface area contributed by atoms with Crippen LogP contribution >= 0.6 is 0 Å². The van der Waals surface area contributed by atoms with E-state index in [1.54, 1.807) is 18.2 Å². The van der Waals surface area contributed by atoms with Crippen LogP contribution in [0, 0.1) is 11.7 Å². The van der Waals surface area contributed by atoms with Crippen LogP contribution in [0.4, 0.5) is 10.3 Å². The molecular weight excluding hydrogens is 371 g/mol. The third-order valence-corrected chi connectivity index (χ3v) is 5.93. The minimum Gasteiger partial charge on any atom is -0.435 e. The average molecular weight is 396 g/mol. The number of anilines is 1. The Morgan fingerprint density at radius 3 is 2.62 bits per heavy atom. The molecule has 7 heteroatoms. The highest BCUT2D eigenvalue weighted by atomic mass is 19.1. The highest BCUT2D eigenvalue weighted by Crippen LogP contribution is 2.36. The highest BCUT2D eigenvalue weighted by Gasteiger charge is 2.36. The van der Waals surface area contributed by atoms with E-state index in [1.165, 1.54) is 12.5 Å². The first-order chi connectivity index (χ1) is 14.2. The van der Waals surface area contributed by atoms with Crippen LogP contribution in [-0.2, 0) is 17.8 Å². The molecule has 0 unspecified atom stereocenters. The lowest BCUT2D eigenvalue weighted by Crippen LogP contribution is -2.38. The van der Waals surface area contributed by atoms with E-state index in [1.807, 2.05) is 4.90 Å². The molecule has 1 saturated carbocycles. The van der Waals surface area contributed by atoms with Gasteiger partial charge >= 0.3 is 0 Å². The van der Waals surface area contributed by atoms with Gasteiger partial charge in [0.2, 0.25) is 17.7 Å². The van der Waals surface area contributed by atoms with Crippen LogP contribution in [0.3, 0.4) is 0 Å². The number of halogens is 1. The van der Waals surface area contributed by atoms with Gasteiger partial charge in [-0.15, -0.1) is 0 Å². The van der Waals surface area contributed by atoms with E-state index in [0.29, 0.717) is 31.3 Å². The molecule has 0 radical (unpaired) electrons. The molecule has 1 aliphatic carbocycles. The zero-order chi connectivity index (χ0) is 19.8. The van der Waals surface area contributed by atoms with Crippen molar-refractivity contribution < 1.29 is 13.9 Å². The number of piperidine rings is 1. The van der Waals surface area contributed by atoms with Crippen LogP contribution in [0.15, 0.2) is 24.3 Å². The third-order valence-electron chi connectivity index (χ3n) is 5.93. The third kappa shape index (κ3) is 3.78. The first-order valence-electron chi connectivity index (χ1n) is 10.5. The minimum atomic E-state index is -0.430. The van der Waals surface area contributed by atoms with E-state index < -0.39 is 5.82 Å². The van der Waals surface area contributed by atoms with E-state index in [2.05, 4.69) is 9.88 Å². The van der Waals surface area contributed by atoms with Gasteiger partial charge in [0.25, 0.3) is 0 Å². The molecule has 3 heterocycles. The summed E-state index contributed by atoms with van der Waals surface area (Å²) in [5.74, 6) is 1.10. The molecule has 29 heavy (non-hydrogen) atoms. The van der Waals surface area contributed by atoms with Gasteiger partial charge in [0, 0.05) is 32.0 Å².